The van der Waals surface area contributed by atoms with Gasteiger partial charge in [0.2, 0.25) is 0 Å². The van der Waals surface area contributed by atoms with Crippen LogP contribution in [0.4, 0.5) is 0 Å². The van der Waals surface area contributed by atoms with Crippen molar-refractivity contribution in [3.8, 4) is 0 Å². The number of rotatable bonds is 0. The van der Waals surface area contributed by atoms with Gasteiger partial charge in [0.1, 0.15) is 0 Å². The molecule has 0 bridgehead atoms. The minimum atomic E-state index is 1.00. The molecule has 82 valence electrons. The second-order valence-electron chi connectivity index (χ2n) is 2.15. The predicted molar refractivity (Wildman–Crippen MR) is 61.7 cm³/mol. The summed E-state index contributed by atoms with van der Waals surface area (Å²) in [6, 6.07) is 14.7. The van der Waals surface area contributed by atoms with Crippen molar-refractivity contribution in [2.45, 2.75) is 0 Å². The second kappa shape index (κ2) is 13.8. The first-order valence-corrected chi connectivity index (χ1v) is 6.30. The maximum atomic E-state index is 7.00. The molecule has 0 aliphatic carbocycles. The second-order valence-corrected chi connectivity index (χ2v) is 2.15. The molecule has 0 unspecified atom stereocenters. The van der Waals surface area contributed by atoms with Crippen LogP contribution in [0.15, 0.2) is 42.5 Å². The van der Waals surface area contributed by atoms with Crippen LogP contribution in [0.5, 0.6) is 0 Å². The SMILES string of the molecule is CO.CO.[Cl][Ti+].c1ccc2[cH-]ccc2c1. The molecule has 0 heterocycles. The Labute approximate surface area is 106 Å². The van der Waals surface area contributed by atoms with Gasteiger partial charge in [-0.05, 0) is 0 Å². The van der Waals surface area contributed by atoms with Crippen LogP contribution in [0.25, 0.3) is 10.8 Å². The number of aliphatic hydroxyl groups is 2. The van der Waals surface area contributed by atoms with Crippen LogP contribution < -0.4 is 0 Å². The van der Waals surface area contributed by atoms with E-state index < -0.39 is 0 Å². The van der Waals surface area contributed by atoms with Crippen LogP contribution in [-0.4, -0.2) is 24.4 Å². The monoisotopic (exact) mass is 262 g/mol. The van der Waals surface area contributed by atoms with Crippen molar-refractivity contribution < 1.29 is 29.6 Å². The van der Waals surface area contributed by atoms with Gasteiger partial charge < -0.3 is 10.2 Å². The zero-order chi connectivity index (χ0) is 12.1. The Balaban J connectivity index is 0. The Morgan fingerprint density at radius 3 is 2.07 bits per heavy atom. The van der Waals surface area contributed by atoms with Crippen molar-refractivity contribution >= 4 is 20.1 Å². The quantitative estimate of drug-likeness (QED) is 0.566. The van der Waals surface area contributed by atoms with E-state index in [2.05, 4.69) is 51.8 Å². The Morgan fingerprint density at radius 2 is 1.53 bits per heavy atom. The summed E-state index contributed by atoms with van der Waals surface area (Å²) in [5.41, 5.74) is 0. The topological polar surface area (TPSA) is 40.5 Å². The molecule has 0 aromatic heterocycles. The van der Waals surface area contributed by atoms with Gasteiger partial charge in [-0.3, -0.25) is 0 Å². The molecule has 15 heavy (non-hydrogen) atoms. The van der Waals surface area contributed by atoms with Crippen LogP contribution in [0, 0.1) is 0 Å². The molecule has 2 rings (SSSR count). The number of halogens is 1. The van der Waals surface area contributed by atoms with Gasteiger partial charge in [0.05, 0.1) is 0 Å². The fourth-order valence-electron chi connectivity index (χ4n) is 1.07. The smallest absolute Gasteiger partial charge is 0.0809 e. The largest absolute Gasteiger partial charge is 0.168 e. The number of benzene rings is 1. The van der Waals surface area contributed by atoms with Gasteiger partial charge in [-0.1, -0.05) is 6.07 Å². The van der Waals surface area contributed by atoms with Crippen molar-refractivity contribution in [3.63, 3.8) is 0 Å². The van der Waals surface area contributed by atoms with E-state index in [0.717, 1.165) is 14.2 Å². The number of fused-ring (bicyclic) bond motifs is 1. The van der Waals surface area contributed by atoms with Gasteiger partial charge in [0.15, 0.2) is 0 Å². The number of hydrogen-bond donors (Lipinski definition) is 2. The van der Waals surface area contributed by atoms with Crippen LogP contribution in [0.3, 0.4) is 0 Å². The molecule has 0 saturated heterocycles. The molecule has 2 N–H and O–H groups in total. The van der Waals surface area contributed by atoms with Crippen LogP contribution in [0.1, 0.15) is 0 Å². The third-order valence-corrected chi connectivity index (χ3v) is 1.55. The van der Waals surface area contributed by atoms with Crippen molar-refractivity contribution in [3.05, 3.63) is 42.5 Å². The first-order chi connectivity index (χ1) is 7.47. The molecule has 0 amide bonds. The summed E-state index contributed by atoms with van der Waals surface area (Å²) in [5.74, 6) is 0. The average molecular weight is 263 g/mol. The van der Waals surface area contributed by atoms with Gasteiger partial charge in [-0.15, -0.1) is 29.7 Å². The van der Waals surface area contributed by atoms with E-state index in [4.69, 9.17) is 10.2 Å². The summed E-state index contributed by atoms with van der Waals surface area (Å²) in [4.78, 5) is 0. The van der Waals surface area contributed by atoms with Gasteiger partial charge in [0.25, 0.3) is 0 Å². The molecule has 0 aliphatic heterocycles. The molecule has 0 atom stereocenters. The molecule has 2 aromatic rings. The molecule has 4 heteroatoms. The standard InChI is InChI=1S/C9H7.2CH4O.ClH.Ti/c1-2-5-9-7-3-6-8(9)4-1;2*1-2;;/h1-7H;2*2H,1H3;1H;/q-1;;;;+2/p-1. The minimum absolute atomic E-state index is 1.00. The first kappa shape index (κ1) is 17.2. The molecule has 0 spiro atoms. The van der Waals surface area contributed by atoms with E-state index in [1.807, 2.05) is 0 Å². The van der Waals surface area contributed by atoms with Crippen molar-refractivity contribution in [1.82, 2.24) is 0 Å². The average Bonchev–Trinajstić information content (AvgIpc) is 2.85. The van der Waals surface area contributed by atoms with E-state index in [-0.39, 0.29) is 0 Å². The van der Waals surface area contributed by atoms with Gasteiger partial charge in [0, 0.05) is 14.2 Å². The molecule has 0 fully saturated rings. The minimum Gasteiger partial charge on any atom is -0.168 e. The van der Waals surface area contributed by atoms with E-state index in [1.54, 1.807) is 0 Å². The van der Waals surface area contributed by atoms with Gasteiger partial charge >= 0.3 is 28.7 Å². The van der Waals surface area contributed by atoms with Crippen LogP contribution in [-0.2, 0) is 19.4 Å². The molecular formula is C11H15ClO2Ti. The van der Waals surface area contributed by atoms with Crippen molar-refractivity contribution in [2.75, 3.05) is 14.2 Å². The third-order valence-electron chi connectivity index (χ3n) is 1.55. The summed E-state index contributed by atoms with van der Waals surface area (Å²) in [6.45, 7) is 0. The van der Waals surface area contributed by atoms with Crippen LogP contribution >= 0.6 is 9.30 Å². The predicted octanol–water partition coefficient (Wildman–Crippen LogP) is 2.46. The molecular weight excluding hydrogens is 247 g/mol. The maximum Gasteiger partial charge on any atom is -0.0809 e. The number of aliphatic hydroxyl groups excluding tert-OH is 2. The summed E-state index contributed by atoms with van der Waals surface area (Å²) in [5, 5.41) is 16.7. The maximum absolute atomic E-state index is 7.00. The summed E-state index contributed by atoms with van der Waals surface area (Å²) < 4.78 is 0. The van der Waals surface area contributed by atoms with Crippen LogP contribution in [0.2, 0.25) is 0 Å². The van der Waals surface area contributed by atoms with E-state index in [0.29, 0.717) is 0 Å². The van der Waals surface area contributed by atoms with Gasteiger partial charge in [-0.2, -0.15) is 17.5 Å². The zero-order valence-corrected chi connectivity index (χ0v) is 11.1. The fourth-order valence-corrected chi connectivity index (χ4v) is 1.07. The Kier molecular flexibility index (Phi) is 15.7. The van der Waals surface area contributed by atoms with E-state index in [9.17, 15) is 0 Å². The fraction of sp³-hybridized carbons (Fsp3) is 0.182. The Bertz CT molecular complexity index is 293. The van der Waals surface area contributed by atoms with Gasteiger partial charge in [-0.25, -0.2) is 0 Å². The molecule has 0 radical (unpaired) electrons. The molecule has 0 aliphatic rings. The summed E-state index contributed by atoms with van der Waals surface area (Å²) in [7, 11) is 6.64. The molecule has 2 aromatic carbocycles. The number of hydrogen-bond acceptors (Lipinski definition) is 2. The van der Waals surface area contributed by atoms with E-state index in [1.165, 1.54) is 30.1 Å². The zero-order valence-electron chi connectivity index (χ0n) is 8.81. The van der Waals surface area contributed by atoms with E-state index >= 15 is 0 Å². The Hall–Kier alpha value is -0.246. The molecule has 2 nitrogen and oxygen atoms in total. The first-order valence-electron chi connectivity index (χ1n) is 4.15. The summed E-state index contributed by atoms with van der Waals surface area (Å²) in [6.07, 6.45) is 0. The summed E-state index contributed by atoms with van der Waals surface area (Å²) >= 11 is 1.47. The van der Waals surface area contributed by atoms with Crippen molar-refractivity contribution in [2.24, 2.45) is 0 Å². The molecule has 0 saturated carbocycles. The normalized spacial score (nSPS) is 7.20. The third kappa shape index (κ3) is 6.77. The van der Waals surface area contributed by atoms with Crippen molar-refractivity contribution in [1.29, 1.82) is 0 Å². The Morgan fingerprint density at radius 1 is 1.00 bits per heavy atom.